The number of rotatable bonds is 4. The van der Waals surface area contributed by atoms with Gasteiger partial charge in [0.1, 0.15) is 5.69 Å². The van der Waals surface area contributed by atoms with Crippen LogP contribution in [0.15, 0.2) is 53.5 Å². The molecule has 1 amide bonds. The van der Waals surface area contributed by atoms with Crippen molar-refractivity contribution in [3.63, 3.8) is 0 Å². The van der Waals surface area contributed by atoms with E-state index in [2.05, 4.69) is 10.1 Å². The number of carbonyl (C=O) groups is 1. The highest BCUT2D eigenvalue weighted by atomic mass is 16.7. The summed E-state index contributed by atoms with van der Waals surface area (Å²) in [5.74, 6) is 1.67. The first-order valence-corrected chi connectivity index (χ1v) is 10.4. The van der Waals surface area contributed by atoms with E-state index < -0.39 is 0 Å². The van der Waals surface area contributed by atoms with Crippen LogP contribution in [0.1, 0.15) is 40.9 Å². The second-order valence-electron chi connectivity index (χ2n) is 8.12. The van der Waals surface area contributed by atoms with Gasteiger partial charge in [0.25, 0.3) is 11.5 Å². The Labute approximate surface area is 178 Å². The van der Waals surface area contributed by atoms with E-state index in [9.17, 15) is 9.59 Å². The summed E-state index contributed by atoms with van der Waals surface area (Å²) in [4.78, 5) is 31.6. The summed E-state index contributed by atoms with van der Waals surface area (Å²) in [6.45, 7) is 1.03. The third-order valence-corrected chi connectivity index (χ3v) is 6.05. The molecule has 0 bridgehead atoms. The molecule has 0 unspecified atom stereocenters. The molecule has 2 aliphatic heterocycles. The average Bonchev–Trinajstić information content (AvgIpc) is 3.50. The minimum Gasteiger partial charge on any atom is -0.454 e. The van der Waals surface area contributed by atoms with Crippen molar-refractivity contribution in [3.05, 3.63) is 70.3 Å². The zero-order valence-corrected chi connectivity index (χ0v) is 16.7. The van der Waals surface area contributed by atoms with Crippen molar-refractivity contribution in [2.75, 3.05) is 19.9 Å². The number of pyridine rings is 1. The summed E-state index contributed by atoms with van der Waals surface area (Å²) >= 11 is 0. The monoisotopic (exact) mass is 416 g/mol. The van der Waals surface area contributed by atoms with Crippen molar-refractivity contribution in [1.29, 1.82) is 0 Å². The Balaban J connectivity index is 1.24. The minimum atomic E-state index is -0.193. The molecule has 3 aliphatic rings. The third kappa shape index (κ3) is 3.06. The average molecular weight is 416 g/mol. The molecule has 2 aromatic heterocycles. The van der Waals surface area contributed by atoms with Crippen LogP contribution in [0, 0.1) is 0 Å². The molecular weight excluding hydrogens is 396 g/mol. The van der Waals surface area contributed by atoms with Crippen LogP contribution in [-0.2, 0) is 0 Å². The van der Waals surface area contributed by atoms with Crippen molar-refractivity contribution < 1.29 is 14.3 Å². The molecule has 8 nitrogen and oxygen atoms in total. The number of fused-ring (bicyclic) bond motifs is 1. The van der Waals surface area contributed by atoms with Crippen LogP contribution in [0.4, 0.5) is 0 Å². The van der Waals surface area contributed by atoms with E-state index in [1.54, 1.807) is 17.2 Å². The fourth-order valence-electron chi connectivity index (χ4n) is 4.21. The van der Waals surface area contributed by atoms with Gasteiger partial charge in [0.15, 0.2) is 11.5 Å². The van der Waals surface area contributed by atoms with Gasteiger partial charge in [0.2, 0.25) is 6.79 Å². The molecule has 1 saturated carbocycles. The van der Waals surface area contributed by atoms with E-state index in [4.69, 9.17) is 9.47 Å². The van der Waals surface area contributed by atoms with E-state index in [0.717, 1.165) is 24.0 Å². The SMILES string of the molecule is O=C(c1ncccc1C1CC1)N1CC(n2nc(-c3cccc4c3OCO4)ccc2=O)C1. The third-order valence-electron chi connectivity index (χ3n) is 6.05. The first kappa shape index (κ1) is 18.1. The Bertz CT molecular complexity index is 1240. The Morgan fingerprint density at radius 2 is 1.90 bits per heavy atom. The Morgan fingerprint density at radius 3 is 2.74 bits per heavy atom. The maximum Gasteiger partial charge on any atom is 0.272 e. The summed E-state index contributed by atoms with van der Waals surface area (Å²) < 4.78 is 12.5. The van der Waals surface area contributed by atoms with Crippen LogP contribution >= 0.6 is 0 Å². The molecule has 6 rings (SSSR count). The normalized spacial score (nSPS) is 17.5. The number of aromatic nitrogens is 3. The fraction of sp³-hybridized carbons (Fsp3) is 0.304. The number of ether oxygens (including phenoxy) is 2. The number of likely N-dealkylation sites (tertiary alicyclic amines) is 1. The highest BCUT2D eigenvalue weighted by Gasteiger charge is 2.37. The Hall–Kier alpha value is -3.68. The lowest BCUT2D eigenvalue weighted by atomic mass is 10.0. The van der Waals surface area contributed by atoms with E-state index in [0.29, 0.717) is 41.9 Å². The summed E-state index contributed by atoms with van der Waals surface area (Å²) in [6, 6.07) is 12.5. The van der Waals surface area contributed by atoms with Gasteiger partial charge in [0.05, 0.1) is 11.7 Å². The number of amides is 1. The van der Waals surface area contributed by atoms with Gasteiger partial charge in [-0.1, -0.05) is 12.1 Å². The van der Waals surface area contributed by atoms with Gasteiger partial charge in [0, 0.05) is 30.9 Å². The van der Waals surface area contributed by atoms with Crippen LogP contribution in [-0.4, -0.2) is 45.5 Å². The quantitative estimate of drug-likeness (QED) is 0.650. The highest BCUT2D eigenvalue weighted by Crippen LogP contribution is 2.42. The molecule has 0 radical (unpaired) electrons. The molecule has 2 fully saturated rings. The Morgan fingerprint density at radius 1 is 1.03 bits per heavy atom. The molecule has 1 aliphatic carbocycles. The number of carbonyl (C=O) groups excluding carboxylic acids is 1. The van der Waals surface area contributed by atoms with E-state index in [-0.39, 0.29) is 24.3 Å². The zero-order chi connectivity index (χ0) is 20.9. The molecule has 0 atom stereocenters. The molecule has 31 heavy (non-hydrogen) atoms. The molecule has 8 heteroatoms. The van der Waals surface area contributed by atoms with E-state index >= 15 is 0 Å². The van der Waals surface area contributed by atoms with Crippen LogP contribution in [0.25, 0.3) is 11.3 Å². The predicted octanol–water partition coefficient (Wildman–Crippen LogP) is 2.61. The summed E-state index contributed by atoms with van der Waals surface area (Å²) in [6.07, 6.45) is 3.88. The first-order chi connectivity index (χ1) is 15.2. The number of benzene rings is 1. The number of para-hydroxylation sites is 1. The lowest BCUT2D eigenvalue weighted by molar-refractivity contribution is 0.0486. The van der Waals surface area contributed by atoms with Crippen molar-refractivity contribution >= 4 is 5.91 Å². The molecule has 0 spiro atoms. The molecule has 1 saturated heterocycles. The molecule has 1 aromatic carbocycles. The maximum atomic E-state index is 13.0. The van der Waals surface area contributed by atoms with Crippen LogP contribution in [0.3, 0.4) is 0 Å². The van der Waals surface area contributed by atoms with Gasteiger partial charge >= 0.3 is 0 Å². The second-order valence-corrected chi connectivity index (χ2v) is 8.12. The number of nitrogens with zero attached hydrogens (tertiary/aromatic N) is 4. The van der Waals surface area contributed by atoms with E-state index in [1.165, 1.54) is 10.7 Å². The minimum absolute atomic E-state index is 0.0746. The molecule has 4 heterocycles. The lowest BCUT2D eigenvalue weighted by Crippen LogP contribution is -2.53. The van der Waals surface area contributed by atoms with E-state index in [1.807, 2.05) is 30.3 Å². The van der Waals surface area contributed by atoms with Gasteiger partial charge in [-0.05, 0) is 48.6 Å². The van der Waals surface area contributed by atoms with Crippen LogP contribution < -0.4 is 15.0 Å². The standard InChI is InChI=1S/C23H20N4O4/c28-20-9-8-18(17-3-1-5-19-22(17)31-13-30-19)25-27(20)15-11-26(12-15)23(29)21-16(14-6-7-14)4-2-10-24-21/h1-5,8-10,14-15H,6-7,11-13H2. The van der Waals surface area contributed by atoms with Crippen LogP contribution in [0.5, 0.6) is 11.5 Å². The van der Waals surface area contributed by atoms with Crippen molar-refractivity contribution in [2.45, 2.75) is 24.8 Å². The lowest BCUT2D eigenvalue weighted by Gasteiger charge is -2.39. The van der Waals surface area contributed by atoms with Crippen molar-refractivity contribution in [2.24, 2.45) is 0 Å². The summed E-state index contributed by atoms with van der Waals surface area (Å²) in [5, 5.41) is 4.58. The van der Waals surface area contributed by atoms with Crippen LogP contribution in [0.2, 0.25) is 0 Å². The topological polar surface area (TPSA) is 86.6 Å². The summed E-state index contributed by atoms with van der Waals surface area (Å²) in [5.41, 5.74) is 2.79. The second kappa shape index (κ2) is 6.94. The first-order valence-electron chi connectivity index (χ1n) is 10.4. The van der Waals surface area contributed by atoms with Gasteiger partial charge < -0.3 is 14.4 Å². The molecule has 0 N–H and O–H groups in total. The Kier molecular flexibility index (Phi) is 4.05. The predicted molar refractivity (Wildman–Crippen MR) is 111 cm³/mol. The largest absolute Gasteiger partial charge is 0.454 e. The van der Waals surface area contributed by atoms with Crippen molar-refractivity contribution in [1.82, 2.24) is 19.7 Å². The fourth-order valence-corrected chi connectivity index (χ4v) is 4.21. The highest BCUT2D eigenvalue weighted by molar-refractivity contribution is 5.94. The van der Waals surface area contributed by atoms with Gasteiger partial charge in [-0.2, -0.15) is 5.10 Å². The van der Waals surface area contributed by atoms with Gasteiger partial charge in [-0.25, -0.2) is 4.68 Å². The zero-order valence-electron chi connectivity index (χ0n) is 16.7. The smallest absolute Gasteiger partial charge is 0.272 e. The van der Waals surface area contributed by atoms with Gasteiger partial charge in [-0.15, -0.1) is 0 Å². The summed E-state index contributed by atoms with van der Waals surface area (Å²) in [7, 11) is 0. The number of hydrogen-bond acceptors (Lipinski definition) is 6. The molecule has 156 valence electrons. The molecular formula is C23H20N4O4. The number of hydrogen-bond donors (Lipinski definition) is 0. The van der Waals surface area contributed by atoms with Gasteiger partial charge in [-0.3, -0.25) is 14.6 Å². The van der Waals surface area contributed by atoms with Crippen molar-refractivity contribution in [3.8, 4) is 22.8 Å². The molecule has 3 aromatic rings. The maximum absolute atomic E-state index is 13.0.